The van der Waals surface area contributed by atoms with Gasteiger partial charge in [-0.2, -0.15) is 5.10 Å². The minimum atomic E-state index is -0.574. The Balaban J connectivity index is 1.66. The fourth-order valence-electron chi connectivity index (χ4n) is 2.37. The highest BCUT2D eigenvalue weighted by molar-refractivity contribution is 6.02. The number of hydrogen-bond acceptors (Lipinski definition) is 4. The molecule has 1 fully saturated rings. The van der Waals surface area contributed by atoms with E-state index in [1.54, 1.807) is 11.0 Å². The van der Waals surface area contributed by atoms with E-state index in [9.17, 15) is 9.59 Å². The van der Waals surface area contributed by atoms with Crippen LogP contribution in [0, 0.1) is 0 Å². The molecule has 104 valence electrons. The maximum absolute atomic E-state index is 12.0. The lowest BCUT2D eigenvalue weighted by molar-refractivity contribution is -0.133. The summed E-state index contributed by atoms with van der Waals surface area (Å²) >= 11 is 0. The van der Waals surface area contributed by atoms with Crippen LogP contribution in [-0.2, 0) is 9.53 Å². The molecule has 1 amide bonds. The first kappa shape index (κ1) is 12.7. The quantitative estimate of drug-likeness (QED) is 0.856. The van der Waals surface area contributed by atoms with Gasteiger partial charge in [-0.15, -0.1) is 0 Å². The number of benzene rings is 1. The van der Waals surface area contributed by atoms with Gasteiger partial charge >= 0.3 is 5.97 Å². The highest BCUT2D eigenvalue weighted by Crippen LogP contribution is 2.16. The normalized spacial score (nSPS) is 14.7. The van der Waals surface area contributed by atoms with Crippen LogP contribution in [0.5, 0.6) is 0 Å². The van der Waals surface area contributed by atoms with E-state index in [2.05, 4.69) is 10.2 Å². The van der Waals surface area contributed by atoms with Gasteiger partial charge in [0.05, 0.1) is 5.52 Å². The van der Waals surface area contributed by atoms with Gasteiger partial charge in [0.1, 0.15) is 0 Å². The third kappa shape index (κ3) is 2.36. The maximum Gasteiger partial charge on any atom is 0.359 e. The number of aromatic nitrogens is 2. The van der Waals surface area contributed by atoms with Gasteiger partial charge in [0.25, 0.3) is 5.91 Å². The van der Waals surface area contributed by atoms with E-state index in [0.717, 1.165) is 31.4 Å². The summed E-state index contributed by atoms with van der Waals surface area (Å²) in [5, 5.41) is 7.41. The molecule has 0 spiro atoms. The maximum atomic E-state index is 12.0. The number of hydrogen-bond donors (Lipinski definition) is 1. The van der Waals surface area contributed by atoms with E-state index in [4.69, 9.17) is 4.74 Å². The average molecular weight is 273 g/mol. The second-order valence-corrected chi connectivity index (χ2v) is 4.78. The molecule has 1 N–H and O–H groups in total. The van der Waals surface area contributed by atoms with E-state index in [0.29, 0.717) is 5.39 Å². The fraction of sp³-hybridized carbons (Fsp3) is 0.357. The molecular formula is C14H15N3O3. The van der Waals surface area contributed by atoms with Crippen molar-refractivity contribution < 1.29 is 14.3 Å². The van der Waals surface area contributed by atoms with Crippen LogP contribution < -0.4 is 0 Å². The monoisotopic (exact) mass is 273 g/mol. The number of carbonyl (C=O) groups excluding carboxylic acids is 2. The fourth-order valence-corrected chi connectivity index (χ4v) is 2.37. The molecule has 1 aliphatic heterocycles. The smallest absolute Gasteiger partial charge is 0.359 e. The van der Waals surface area contributed by atoms with Gasteiger partial charge in [-0.1, -0.05) is 18.2 Å². The van der Waals surface area contributed by atoms with Crippen LogP contribution in [-0.4, -0.2) is 46.7 Å². The summed E-state index contributed by atoms with van der Waals surface area (Å²) in [7, 11) is 0. The van der Waals surface area contributed by atoms with E-state index in [-0.39, 0.29) is 18.2 Å². The van der Waals surface area contributed by atoms with Crippen molar-refractivity contribution >= 4 is 22.8 Å². The number of nitrogens with zero attached hydrogens (tertiary/aromatic N) is 2. The lowest BCUT2D eigenvalue weighted by Gasteiger charge is -2.14. The number of carbonyl (C=O) groups is 2. The Morgan fingerprint density at radius 1 is 1.25 bits per heavy atom. The minimum absolute atomic E-state index is 0.143. The molecule has 20 heavy (non-hydrogen) atoms. The van der Waals surface area contributed by atoms with Gasteiger partial charge in [-0.3, -0.25) is 9.89 Å². The number of esters is 1. The van der Waals surface area contributed by atoms with Crippen molar-refractivity contribution in [2.75, 3.05) is 19.7 Å². The van der Waals surface area contributed by atoms with Gasteiger partial charge in [0, 0.05) is 18.5 Å². The molecule has 0 saturated carbocycles. The van der Waals surface area contributed by atoms with Gasteiger partial charge < -0.3 is 9.64 Å². The largest absolute Gasteiger partial charge is 0.451 e. The first-order valence-electron chi connectivity index (χ1n) is 6.64. The second kappa shape index (κ2) is 5.32. The summed E-state index contributed by atoms with van der Waals surface area (Å²) in [6.07, 6.45) is 2.04. The minimum Gasteiger partial charge on any atom is -0.451 e. The van der Waals surface area contributed by atoms with E-state index < -0.39 is 5.97 Å². The molecule has 1 aliphatic rings. The molecule has 0 atom stereocenters. The van der Waals surface area contributed by atoms with Crippen LogP contribution in [0.1, 0.15) is 23.3 Å². The molecule has 1 saturated heterocycles. The molecule has 0 aliphatic carbocycles. The number of ether oxygens (including phenoxy) is 1. The summed E-state index contributed by atoms with van der Waals surface area (Å²) in [6.45, 7) is 1.28. The summed E-state index contributed by atoms with van der Waals surface area (Å²) in [4.78, 5) is 25.5. The first-order chi connectivity index (χ1) is 9.75. The van der Waals surface area contributed by atoms with E-state index in [1.165, 1.54) is 0 Å². The number of amides is 1. The van der Waals surface area contributed by atoms with Crippen molar-refractivity contribution in [3.63, 3.8) is 0 Å². The average Bonchev–Trinajstić information content (AvgIpc) is 3.13. The molecular weight excluding hydrogens is 258 g/mol. The van der Waals surface area contributed by atoms with Crippen LogP contribution >= 0.6 is 0 Å². The molecule has 2 heterocycles. The molecule has 0 bridgehead atoms. The van der Waals surface area contributed by atoms with Crippen LogP contribution in [0.2, 0.25) is 0 Å². The van der Waals surface area contributed by atoms with Crippen molar-refractivity contribution in [3.05, 3.63) is 30.0 Å². The molecule has 0 radical (unpaired) electrons. The summed E-state index contributed by atoms with van der Waals surface area (Å²) < 4.78 is 5.06. The van der Waals surface area contributed by atoms with Crippen LogP contribution in [0.25, 0.3) is 10.9 Å². The number of aromatic amines is 1. The van der Waals surface area contributed by atoms with Gasteiger partial charge in [0.15, 0.2) is 12.3 Å². The number of H-pyrrole nitrogens is 1. The van der Waals surface area contributed by atoms with Crippen molar-refractivity contribution in [1.82, 2.24) is 15.1 Å². The standard InChI is InChI=1S/C14H15N3O3/c18-12(17-7-3-4-8-17)9-20-14(19)13-10-5-1-2-6-11(10)15-16-13/h1-2,5-6H,3-4,7-9H2,(H,15,16). The Bertz CT molecular complexity index is 644. The van der Waals surface area contributed by atoms with Crippen LogP contribution in [0.15, 0.2) is 24.3 Å². The molecule has 3 rings (SSSR count). The highest BCUT2D eigenvalue weighted by atomic mass is 16.5. The Morgan fingerprint density at radius 3 is 2.80 bits per heavy atom. The third-order valence-electron chi connectivity index (χ3n) is 3.45. The first-order valence-corrected chi connectivity index (χ1v) is 6.64. The summed E-state index contributed by atoms with van der Waals surface area (Å²) in [6, 6.07) is 7.29. The molecule has 6 nitrogen and oxygen atoms in total. The number of likely N-dealkylation sites (tertiary alicyclic amines) is 1. The second-order valence-electron chi connectivity index (χ2n) is 4.78. The molecule has 1 aromatic heterocycles. The molecule has 0 unspecified atom stereocenters. The number of nitrogens with one attached hydrogen (secondary N) is 1. The zero-order chi connectivity index (χ0) is 13.9. The van der Waals surface area contributed by atoms with Crippen molar-refractivity contribution in [2.24, 2.45) is 0 Å². The van der Waals surface area contributed by atoms with Crippen LogP contribution in [0.3, 0.4) is 0 Å². The number of rotatable bonds is 3. The summed E-state index contributed by atoms with van der Waals surface area (Å²) in [5.74, 6) is -0.717. The SMILES string of the molecule is O=C(OCC(=O)N1CCCC1)c1n[nH]c2ccccc12. The zero-order valence-corrected chi connectivity index (χ0v) is 11.0. The van der Waals surface area contributed by atoms with Crippen LogP contribution in [0.4, 0.5) is 0 Å². The van der Waals surface area contributed by atoms with Crippen molar-refractivity contribution in [2.45, 2.75) is 12.8 Å². The molecule has 6 heteroatoms. The summed E-state index contributed by atoms with van der Waals surface area (Å²) in [5.41, 5.74) is 0.986. The van der Waals surface area contributed by atoms with Gasteiger partial charge in [-0.05, 0) is 18.9 Å². The Labute approximate surface area is 115 Å². The van der Waals surface area contributed by atoms with E-state index in [1.807, 2.05) is 18.2 Å². The lowest BCUT2D eigenvalue weighted by Crippen LogP contribution is -2.32. The van der Waals surface area contributed by atoms with Crippen molar-refractivity contribution in [1.29, 1.82) is 0 Å². The Hall–Kier alpha value is -2.37. The molecule has 1 aromatic carbocycles. The highest BCUT2D eigenvalue weighted by Gasteiger charge is 2.21. The Morgan fingerprint density at radius 2 is 2.00 bits per heavy atom. The third-order valence-corrected chi connectivity index (χ3v) is 3.45. The van der Waals surface area contributed by atoms with Crippen molar-refractivity contribution in [3.8, 4) is 0 Å². The Kier molecular flexibility index (Phi) is 3.37. The predicted molar refractivity (Wildman–Crippen MR) is 72.2 cm³/mol. The predicted octanol–water partition coefficient (Wildman–Crippen LogP) is 1.34. The number of fused-ring (bicyclic) bond motifs is 1. The lowest BCUT2D eigenvalue weighted by atomic mass is 10.2. The topological polar surface area (TPSA) is 75.3 Å². The zero-order valence-electron chi connectivity index (χ0n) is 11.0. The molecule has 2 aromatic rings. The van der Waals surface area contributed by atoms with Gasteiger partial charge in [-0.25, -0.2) is 4.79 Å². The number of para-hydroxylation sites is 1. The van der Waals surface area contributed by atoms with E-state index >= 15 is 0 Å². The van der Waals surface area contributed by atoms with Gasteiger partial charge in [0.2, 0.25) is 0 Å².